The van der Waals surface area contributed by atoms with E-state index >= 15 is 0 Å². The lowest BCUT2D eigenvalue weighted by molar-refractivity contribution is -0.0553. The number of hydrogen-bond acceptors (Lipinski definition) is 4. The van der Waals surface area contributed by atoms with Gasteiger partial charge in [0.05, 0.1) is 5.60 Å². The van der Waals surface area contributed by atoms with Gasteiger partial charge < -0.3 is 10.1 Å². The van der Waals surface area contributed by atoms with Crippen LogP contribution in [0.3, 0.4) is 0 Å². The number of nitrogens with zero attached hydrogens (tertiary/aromatic N) is 2. The second-order valence-electron chi connectivity index (χ2n) is 5.70. The quantitative estimate of drug-likeness (QED) is 0.864. The third-order valence-corrected chi connectivity index (χ3v) is 3.85. The zero-order valence-electron chi connectivity index (χ0n) is 12.1. The van der Waals surface area contributed by atoms with Gasteiger partial charge in [-0.3, -0.25) is 0 Å². The third-order valence-electron chi connectivity index (χ3n) is 3.49. The summed E-state index contributed by atoms with van der Waals surface area (Å²) in [6.45, 7) is 9.01. The van der Waals surface area contributed by atoms with Crippen LogP contribution in [0.15, 0.2) is 0 Å². The maximum absolute atomic E-state index is 6.16. The smallest absolute Gasteiger partial charge is 0.137 e. The molecule has 1 unspecified atom stereocenters. The highest BCUT2D eigenvalue weighted by atomic mass is 35.5. The number of hydrogen-bond donors (Lipinski definition) is 1. The Morgan fingerprint density at radius 2 is 2.16 bits per heavy atom. The molecule has 0 aromatic carbocycles. The predicted octanol–water partition coefficient (Wildman–Crippen LogP) is 3.37. The zero-order chi connectivity index (χ0) is 14.0. The molecule has 2 rings (SSSR count). The molecule has 5 heteroatoms. The monoisotopic (exact) mass is 283 g/mol. The Bertz CT molecular complexity index is 462. The van der Waals surface area contributed by atoms with E-state index in [2.05, 4.69) is 29.1 Å². The van der Waals surface area contributed by atoms with Crippen molar-refractivity contribution in [3.8, 4) is 0 Å². The standard InChI is InChI=1S/C14H22ClN3O/c1-5-11-17-12(15)9(2)13(18-11)16-10-6-7-19-14(3,4)8-10/h10H,5-8H2,1-4H3,(H,16,17,18). The van der Waals surface area contributed by atoms with Crippen molar-refractivity contribution < 1.29 is 4.74 Å². The number of halogens is 1. The van der Waals surface area contributed by atoms with Gasteiger partial charge in [-0.1, -0.05) is 18.5 Å². The van der Waals surface area contributed by atoms with E-state index in [0.717, 1.165) is 43.1 Å². The van der Waals surface area contributed by atoms with E-state index < -0.39 is 0 Å². The van der Waals surface area contributed by atoms with Crippen LogP contribution in [0.4, 0.5) is 5.82 Å². The molecule has 1 aliphatic rings. The average molecular weight is 284 g/mol. The summed E-state index contributed by atoms with van der Waals surface area (Å²) < 4.78 is 5.73. The fourth-order valence-electron chi connectivity index (χ4n) is 2.38. The Hall–Kier alpha value is -0.870. The van der Waals surface area contributed by atoms with Crippen LogP contribution >= 0.6 is 11.6 Å². The molecule has 0 amide bonds. The van der Waals surface area contributed by atoms with E-state index in [1.54, 1.807) is 0 Å². The highest BCUT2D eigenvalue weighted by Crippen LogP contribution is 2.28. The minimum absolute atomic E-state index is 0.0752. The zero-order valence-corrected chi connectivity index (χ0v) is 12.8. The predicted molar refractivity (Wildman–Crippen MR) is 77.8 cm³/mol. The third kappa shape index (κ3) is 3.57. The van der Waals surface area contributed by atoms with Crippen LogP contribution in [-0.2, 0) is 11.2 Å². The molecule has 1 atom stereocenters. The summed E-state index contributed by atoms with van der Waals surface area (Å²) in [5.74, 6) is 1.64. The molecule has 0 bridgehead atoms. The second kappa shape index (κ2) is 5.63. The summed E-state index contributed by atoms with van der Waals surface area (Å²) >= 11 is 6.16. The Kier molecular flexibility index (Phi) is 4.31. The molecule has 1 saturated heterocycles. The minimum atomic E-state index is -0.0752. The number of anilines is 1. The molecule has 0 radical (unpaired) electrons. The van der Waals surface area contributed by atoms with E-state index in [4.69, 9.17) is 16.3 Å². The summed E-state index contributed by atoms with van der Waals surface area (Å²) in [5, 5.41) is 4.05. The van der Waals surface area contributed by atoms with Crippen molar-refractivity contribution in [2.45, 2.75) is 58.6 Å². The average Bonchev–Trinajstić information content (AvgIpc) is 2.33. The van der Waals surface area contributed by atoms with Gasteiger partial charge in [0.1, 0.15) is 16.8 Å². The van der Waals surface area contributed by atoms with Gasteiger partial charge in [0.25, 0.3) is 0 Å². The van der Waals surface area contributed by atoms with Crippen molar-refractivity contribution in [1.82, 2.24) is 9.97 Å². The first-order valence-corrected chi connectivity index (χ1v) is 7.22. The topological polar surface area (TPSA) is 47.0 Å². The molecule has 1 fully saturated rings. The molecule has 1 aromatic heterocycles. The summed E-state index contributed by atoms with van der Waals surface area (Å²) in [6.07, 6.45) is 2.75. The van der Waals surface area contributed by atoms with Crippen LogP contribution in [-0.4, -0.2) is 28.2 Å². The number of rotatable bonds is 3. The Morgan fingerprint density at radius 1 is 1.42 bits per heavy atom. The molecule has 0 aliphatic carbocycles. The minimum Gasteiger partial charge on any atom is -0.375 e. The lowest BCUT2D eigenvalue weighted by Gasteiger charge is -2.36. The SMILES string of the molecule is CCc1nc(Cl)c(C)c(NC2CCOC(C)(C)C2)n1. The van der Waals surface area contributed by atoms with Gasteiger partial charge in [-0.25, -0.2) is 9.97 Å². The van der Waals surface area contributed by atoms with Crippen molar-refractivity contribution in [1.29, 1.82) is 0 Å². The molecular weight excluding hydrogens is 262 g/mol. The lowest BCUT2D eigenvalue weighted by atomic mass is 9.94. The fourth-order valence-corrected chi connectivity index (χ4v) is 2.57. The van der Waals surface area contributed by atoms with Gasteiger partial charge in [0.2, 0.25) is 0 Å². The molecule has 0 saturated carbocycles. The van der Waals surface area contributed by atoms with Gasteiger partial charge in [-0.15, -0.1) is 0 Å². The van der Waals surface area contributed by atoms with Crippen LogP contribution in [0.25, 0.3) is 0 Å². The van der Waals surface area contributed by atoms with Crippen LogP contribution in [0.5, 0.6) is 0 Å². The number of ether oxygens (including phenoxy) is 1. The number of aromatic nitrogens is 2. The van der Waals surface area contributed by atoms with Crippen LogP contribution in [0, 0.1) is 6.92 Å². The van der Waals surface area contributed by atoms with Gasteiger partial charge >= 0.3 is 0 Å². The van der Waals surface area contributed by atoms with Gasteiger partial charge in [-0.2, -0.15) is 0 Å². The second-order valence-corrected chi connectivity index (χ2v) is 6.06. The summed E-state index contributed by atoms with van der Waals surface area (Å²) in [6, 6.07) is 0.373. The van der Waals surface area contributed by atoms with Crippen LogP contribution < -0.4 is 5.32 Å². The molecule has 4 nitrogen and oxygen atoms in total. The summed E-state index contributed by atoms with van der Waals surface area (Å²) in [4.78, 5) is 8.81. The molecule has 1 aliphatic heterocycles. The molecule has 1 N–H and O–H groups in total. The molecular formula is C14H22ClN3O. The van der Waals surface area contributed by atoms with Gasteiger partial charge in [-0.05, 0) is 33.6 Å². The van der Waals surface area contributed by atoms with E-state index in [9.17, 15) is 0 Å². The van der Waals surface area contributed by atoms with Gasteiger partial charge in [0.15, 0.2) is 0 Å². The van der Waals surface area contributed by atoms with Crippen molar-refractivity contribution in [2.75, 3.05) is 11.9 Å². The maximum Gasteiger partial charge on any atom is 0.137 e. The number of aryl methyl sites for hydroxylation is 1. The summed E-state index contributed by atoms with van der Waals surface area (Å²) in [7, 11) is 0. The van der Waals surface area contributed by atoms with Gasteiger partial charge in [0, 0.05) is 24.6 Å². The van der Waals surface area contributed by atoms with Crippen molar-refractivity contribution in [3.05, 3.63) is 16.5 Å². The first-order valence-electron chi connectivity index (χ1n) is 6.85. The van der Waals surface area contributed by atoms with E-state index in [-0.39, 0.29) is 5.60 Å². The normalized spacial score (nSPS) is 22.3. The van der Waals surface area contributed by atoms with E-state index in [0.29, 0.717) is 11.2 Å². The Balaban J connectivity index is 2.16. The largest absolute Gasteiger partial charge is 0.375 e. The lowest BCUT2D eigenvalue weighted by Crippen LogP contribution is -2.40. The molecule has 2 heterocycles. The van der Waals surface area contributed by atoms with Crippen molar-refractivity contribution in [2.24, 2.45) is 0 Å². The van der Waals surface area contributed by atoms with E-state index in [1.165, 1.54) is 0 Å². The Morgan fingerprint density at radius 3 is 2.79 bits per heavy atom. The fraction of sp³-hybridized carbons (Fsp3) is 0.714. The molecule has 19 heavy (non-hydrogen) atoms. The number of nitrogens with one attached hydrogen (secondary N) is 1. The molecule has 106 valence electrons. The highest BCUT2D eigenvalue weighted by Gasteiger charge is 2.29. The first kappa shape index (κ1) is 14.5. The van der Waals surface area contributed by atoms with Crippen molar-refractivity contribution in [3.63, 3.8) is 0 Å². The van der Waals surface area contributed by atoms with Crippen LogP contribution in [0.2, 0.25) is 5.15 Å². The Labute approximate surface area is 119 Å². The molecule has 0 spiro atoms. The van der Waals surface area contributed by atoms with Crippen molar-refractivity contribution >= 4 is 17.4 Å². The summed E-state index contributed by atoms with van der Waals surface area (Å²) in [5.41, 5.74) is 0.844. The maximum atomic E-state index is 6.16. The molecule has 1 aromatic rings. The van der Waals surface area contributed by atoms with Crippen LogP contribution in [0.1, 0.15) is 45.0 Å². The first-order chi connectivity index (χ1) is 8.91. The highest BCUT2D eigenvalue weighted by molar-refractivity contribution is 6.30. The van der Waals surface area contributed by atoms with E-state index in [1.807, 2.05) is 13.8 Å².